The summed E-state index contributed by atoms with van der Waals surface area (Å²) in [6.07, 6.45) is 0.659. The Bertz CT molecular complexity index is 792. The van der Waals surface area contributed by atoms with Crippen molar-refractivity contribution < 1.29 is 14.3 Å². The van der Waals surface area contributed by atoms with Gasteiger partial charge in [-0.3, -0.25) is 9.59 Å². The van der Waals surface area contributed by atoms with Crippen LogP contribution in [0.15, 0.2) is 40.2 Å². The van der Waals surface area contributed by atoms with E-state index in [1.807, 2.05) is 43.5 Å². The monoisotopic (exact) mass is 436 g/mol. The number of hydrogen-bond acceptors (Lipinski definition) is 4. The molecule has 0 fully saturated rings. The Kier molecular flexibility index (Phi) is 5.98. The fraction of sp³-hybridized carbons (Fsp3) is 0.368. The number of nitrogens with one attached hydrogen (secondary N) is 2. The second-order valence-corrected chi connectivity index (χ2v) is 8.48. The van der Waals surface area contributed by atoms with Gasteiger partial charge in [-0.15, -0.1) is 11.3 Å². The Balaban J connectivity index is 1.55. The van der Waals surface area contributed by atoms with Crippen LogP contribution in [-0.4, -0.2) is 30.5 Å². The quantitative estimate of drug-likeness (QED) is 0.728. The molecule has 26 heavy (non-hydrogen) atoms. The number of ether oxygens (including phenoxy) is 1. The summed E-state index contributed by atoms with van der Waals surface area (Å²) in [6.45, 7) is 4.24. The second kappa shape index (κ2) is 8.22. The average molecular weight is 437 g/mol. The summed E-state index contributed by atoms with van der Waals surface area (Å²) in [5.74, 6) is 0.435. The first-order chi connectivity index (χ1) is 12.4. The van der Waals surface area contributed by atoms with Crippen LogP contribution >= 0.6 is 27.3 Å². The van der Waals surface area contributed by atoms with Crippen molar-refractivity contribution in [2.24, 2.45) is 5.92 Å². The molecule has 7 heteroatoms. The van der Waals surface area contributed by atoms with Gasteiger partial charge < -0.3 is 15.4 Å². The van der Waals surface area contributed by atoms with Crippen molar-refractivity contribution in [2.75, 3.05) is 6.54 Å². The van der Waals surface area contributed by atoms with Gasteiger partial charge in [0.05, 0.1) is 11.4 Å². The molecule has 0 saturated carbocycles. The van der Waals surface area contributed by atoms with E-state index in [1.54, 1.807) is 6.07 Å². The second-order valence-electron chi connectivity index (χ2n) is 6.61. The fourth-order valence-electron chi connectivity index (χ4n) is 2.88. The van der Waals surface area contributed by atoms with E-state index >= 15 is 0 Å². The van der Waals surface area contributed by atoms with E-state index in [0.717, 1.165) is 22.2 Å². The average Bonchev–Trinajstić information content (AvgIpc) is 3.26. The van der Waals surface area contributed by atoms with Crippen LogP contribution in [0.1, 0.15) is 29.1 Å². The molecule has 2 N–H and O–H groups in total. The molecule has 1 aliphatic rings. The molecule has 2 heterocycles. The third-order valence-corrected chi connectivity index (χ3v) is 5.61. The fourth-order valence-corrected chi connectivity index (χ4v) is 3.92. The molecule has 3 rings (SSSR count). The van der Waals surface area contributed by atoms with Crippen LogP contribution in [-0.2, 0) is 11.2 Å². The molecule has 2 amide bonds. The maximum atomic E-state index is 12.6. The van der Waals surface area contributed by atoms with E-state index in [0.29, 0.717) is 11.4 Å². The summed E-state index contributed by atoms with van der Waals surface area (Å²) in [6, 6.07) is 8.89. The first kappa shape index (κ1) is 18.9. The highest BCUT2D eigenvalue weighted by Gasteiger charge is 2.28. The Morgan fingerprint density at radius 2 is 2.15 bits per heavy atom. The largest absolute Gasteiger partial charge is 0.488 e. The van der Waals surface area contributed by atoms with Crippen LogP contribution in [0.3, 0.4) is 0 Å². The Labute approximate surface area is 165 Å². The minimum atomic E-state index is -0.581. The molecule has 0 aliphatic carbocycles. The molecule has 2 unspecified atom stereocenters. The number of halogens is 1. The molecule has 0 bridgehead atoms. The molecule has 0 radical (unpaired) electrons. The van der Waals surface area contributed by atoms with Crippen molar-refractivity contribution in [1.82, 2.24) is 10.6 Å². The number of amides is 2. The van der Waals surface area contributed by atoms with E-state index in [2.05, 4.69) is 26.6 Å². The lowest BCUT2D eigenvalue weighted by Gasteiger charge is -2.22. The Morgan fingerprint density at radius 3 is 2.85 bits per heavy atom. The van der Waals surface area contributed by atoms with Crippen LogP contribution < -0.4 is 15.4 Å². The molecule has 1 aliphatic heterocycles. The molecular weight excluding hydrogens is 416 g/mol. The van der Waals surface area contributed by atoms with Gasteiger partial charge >= 0.3 is 0 Å². The lowest BCUT2D eigenvalue weighted by Crippen LogP contribution is -2.51. The smallest absolute Gasteiger partial charge is 0.262 e. The lowest BCUT2D eigenvalue weighted by molar-refractivity contribution is -0.124. The highest BCUT2D eigenvalue weighted by molar-refractivity contribution is 9.10. The third-order valence-electron chi connectivity index (χ3n) is 4.25. The van der Waals surface area contributed by atoms with Gasteiger partial charge in [-0.25, -0.2) is 0 Å². The number of hydrogen-bond donors (Lipinski definition) is 2. The van der Waals surface area contributed by atoms with Crippen LogP contribution in [0.4, 0.5) is 0 Å². The first-order valence-electron chi connectivity index (χ1n) is 8.51. The summed E-state index contributed by atoms with van der Waals surface area (Å²) in [5, 5.41) is 7.59. The van der Waals surface area contributed by atoms with Gasteiger partial charge in [-0.2, -0.15) is 0 Å². The summed E-state index contributed by atoms with van der Waals surface area (Å²) >= 11 is 4.81. The zero-order chi connectivity index (χ0) is 18.7. The molecule has 0 spiro atoms. The molecule has 2 aromatic rings. The van der Waals surface area contributed by atoms with E-state index in [1.165, 1.54) is 11.3 Å². The molecule has 0 saturated heterocycles. The topological polar surface area (TPSA) is 67.4 Å². The summed E-state index contributed by atoms with van der Waals surface area (Å²) in [7, 11) is 0. The van der Waals surface area contributed by atoms with Gasteiger partial charge in [-0.05, 0) is 41.1 Å². The van der Waals surface area contributed by atoms with Gasteiger partial charge in [0, 0.05) is 10.9 Å². The number of rotatable bonds is 6. The highest BCUT2D eigenvalue weighted by Crippen LogP contribution is 2.30. The number of carbonyl (C=O) groups is 2. The van der Waals surface area contributed by atoms with Crippen LogP contribution in [0.2, 0.25) is 0 Å². The third kappa shape index (κ3) is 4.45. The van der Waals surface area contributed by atoms with Crippen LogP contribution in [0.25, 0.3) is 0 Å². The summed E-state index contributed by atoms with van der Waals surface area (Å²) in [5.41, 5.74) is 1.13. The molecule has 1 aromatic heterocycles. The number of carbonyl (C=O) groups excluding carboxylic acids is 2. The molecule has 1 aromatic carbocycles. The molecular formula is C19H21BrN2O3S. The van der Waals surface area contributed by atoms with Crippen LogP contribution in [0, 0.1) is 5.92 Å². The van der Waals surface area contributed by atoms with Crippen LogP contribution in [0.5, 0.6) is 5.75 Å². The van der Waals surface area contributed by atoms with Crippen molar-refractivity contribution in [3.8, 4) is 5.75 Å². The standard InChI is InChI=1S/C19H21BrN2O3S/c1-11(2)17(22-18(23)16-4-3-7-26-16)19(24)21-10-14-9-12-8-13(20)5-6-15(12)25-14/h3-8,11,14,17H,9-10H2,1-2H3,(H,21,24)(H,22,23). The maximum absolute atomic E-state index is 12.6. The van der Waals surface area contributed by atoms with Gasteiger partial charge in [0.15, 0.2) is 0 Å². The van der Waals surface area contributed by atoms with Gasteiger partial charge in [0.1, 0.15) is 17.9 Å². The van der Waals surface area contributed by atoms with E-state index in [9.17, 15) is 9.59 Å². The van der Waals surface area contributed by atoms with Crippen molar-refractivity contribution in [3.63, 3.8) is 0 Å². The van der Waals surface area contributed by atoms with E-state index < -0.39 is 6.04 Å². The predicted octanol–water partition coefficient (Wildman–Crippen LogP) is 3.38. The molecule has 138 valence electrons. The van der Waals surface area contributed by atoms with E-state index in [-0.39, 0.29) is 23.8 Å². The first-order valence-corrected chi connectivity index (χ1v) is 10.2. The Hall–Kier alpha value is -1.86. The van der Waals surface area contributed by atoms with Crippen molar-refractivity contribution >= 4 is 39.1 Å². The minimum Gasteiger partial charge on any atom is -0.488 e. The number of fused-ring (bicyclic) bond motifs is 1. The van der Waals surface area contributed by atoms with Gasteiger partial charge in [-0.1, -0.05) is 35.8 Å². The van der Waals surface area contributed by atoms with Crippen molar-refractivity contribution in [2.45, 2.75) is 32.4 Å². The van der Waals surface area contributed by atoms with Gasteiger partial charge in [0.25, 0.3) is 5.91 Å². The number of benzene rings is 1. The summed E-state index contributed by atoms with van der Waals surface area (Å²) in [4.78, 5) is 25.4. The zero-order valence-corrected chi connectivity index (χ0v) is 17.0. The van der Waals surface area contributed by atoms with E-state index in [4.69, 9.17) is 4.74 Å². The van der Waals surface area contributed by atoms with Crippen molar-refractivity contribution in [1.29, 1.82) is 0 Å². The lowest BCUT2D eigenvalue weighted by atomic mass is 10.0. The number of thiophene rings is 1. The summed E-state index contributed by atoms with van der Waals surface area (Å²) < 4.78 is 6.89. The predicted molar refractivity (Wildman–Crippen MR) is 106 cm³/mol. The Morgan fingerprint density at radius 1 is 1.35 bits per heavy atom. The van der Waals surface area contributed by atoms with Crippen molar-refractivity contribution in [3.05, 3.63) is 50.6 Å². The SMILES string of the molecule is CC(C)C(NC(=O)c1cccs1)C(=O)NCC1Cc2cc(Br)ccc2O1. The van der Waals surface area contributed by atoms with Gasteiger partial charge in [0.2, 0.25) is 5.91 Å². The molecule has 2 atom stereocenters. The maximum Gasteiger partial charge on any atom is 0.262 e. The minimum absolute atomic E-state index is 0.0171. The highest BCUT2D eigenvalue weighted by atomic mass is 79.9. The zero-order valence-electron chi connectivity index (χ0n) is 14.6. The molecule has 5 nitrogen and oxygen atoms in total. The normalized spacial score (nSPS) is 16.7.